The summed E-state index contributed by atoms with van der Waals surface area (Å²) in [6.45, 7) is 1.94. The van der Waals surface area contributed by atoms with Crippen LogP contribution in [0.2, 0.25) is 0 Å². The Morgan fingerprint density at radius 1 is 1.42 bits per heavy atom. The average Bonchev–Trinajstić information content (AvgIpc) is 2.16. The zero-order valence-corrected chi connectivity index (χ0v) is 7.84. The van der Waals surface area contributed by atoms with Crippen LogP contribution in [-0.4, -0.2) is 5.75 Å². The van der Waals surface area contributed by atoms with Crippen molar-refractivity contribution in [1.29, 1.82) is 5.26 Å². The zero-order valence-electron chi connectivity index (χ0n) is 7.03. The Labute approximate surface area is 77.4 Å². The number of rotatable bonds is 3. The summed E-state index contributed by atoms with van der Waals surface area (Å²) in [6, 6.07) is 12.4. The van der Waals surface area contributed by atoms with Crippen molar-refractivity contribution in [3.05, 3.63) is 30.3 Å². The maximum Gasteiger partial charge on any atom is 0.0661 e. The highest BCUT2D eigenvalue weighted by Gasteiger charge is 1.99. The van der Waals surface area contributed by atoms with Crippen LogP contribution in [0.1, 0.15) is 6.92 Å². The molecule has 0 bridgehead atoms. The molecule has 0 spiro atoms. The van der Waals surface area contributed by atoms with Crippen LogP contribution < -0.4 is 0 Å². The standard InChI is InChI=1S/C10H11NS/c1-9(7-11)8-12-10-5-3-2-4-6-10/h2-6,9H,8H2,1H3/t9-/m1/s1. The van der Waals surface area contributed by atoms with Crippen molar-refractivity contribution < 1.29 is 0 Å². The van der Waals surface area contributed by atoms with Crippen LogP contribution in [0.4, 0.5) is 0 Å². The van der Waals surface area contributed by atoms with Gasteiger partial charge in [-0.2, -0.15) is 5.26 Å². The highest BCUT2D eigenvalue weighted by molar-refractivity contribution is 7.99. The van der Waals surface area contributed by atoms with Gasteiger partial charge in [-0.05, 0) is 19.1 Å². The lowest BCUT2D eigenvalue weighted by Gasteiger charge is -2.01. The predicted molar refractivity (Wildman–Crippen MR) is 51.9 cm³/mol. The van der Waals surface area contributed by atoms with Crippen LogP contribution in [0.3, 0.4) is 0 Å². The van der Waals surface area contributed by atoms with E-state index in [-0.39, 0.29) is 5.92 Å². The molecule has 0 saturated carbocycles. The molecule has 1 nitrogen and oxygen atoms in total. The summed E-state index contributed by atoms with van der Waals surface area (Å²) in [6.07, 6.45) is 0. The molecule has 0 N–H and O–H groups in total. The molecular formula is C10H11NS. The smallest absolute Gasteiger partial charge is 0.0661 e. The van der Waals surface area contributed by atoms with Gasteiger partial charge in [-0.1, -0.05) is 18.2 Å². The van der Waals surface area contributed by atoms with E-state index in [9.17, 15) is 0 Å². The van der Waals surface area contributed by atoms with Gasteiger partial charge in [0.2, 0.25) is 0 Å². The Kier molecular flexibility index (Phi) is 3.69. The number of thioether (sulfide) groups is 1. The number of nitrogens with zero attached hydrogens (tertiary/aromatic N) is 1. The molecule has 0 radical (unpaired) electrons. The summed E-state index contributed by atoms with van der Waals surface area (Å²) in [5.41, 5.74) is 0. The summed E-state index contributed by atoms with van der Waals surface area (Å²) < 4.78 is 0. The largest absolute Gasteiger partial charge is 0.198 e. The molecule has 62 valence electrons. The Hall–Kier alpha value is -0.940. The fourth-order valence-electron chi connectivity index (χ4n) is 0.775. The molecule has 2 heteroatoms. The summed E-state index contributed by atoms with van der Waals surface area (Å²) in [5.74, 6) is 1.01. The first kappa shape index (κ1) is 9.15. The van der Waals surface area contributed by atoms with Crippen LogP contribution in [0.25, 0.3) is 0 Å². The summed E-state index contributed by atoms with van der Waals surface area (Å²) in [4.78, 5) is 1.24. The molecule has 0 saturated heterocycles. The summed E-state index contributed by atoms with van der Waals surface area (Å²) in [7, 11) is 0. The zero-order chi connectivity index (χ0) is 8.81. The summed E-state index contributed by atoms with van der Waals surface area (Å²) >= 11 is 1.73. The minimum Gasteiger partial charge on any atom is -0.198 e. The number of hydrogen-bond acceptors (Lipinski definition) is 2. The lowest BCUT2D eigenvalue weighted by Crippen LogP contribution is -1.92. The van der Waals surface area contributed by atoms with E-state index < -0.39 is 0 Å². The Morgan fingerprint density at radius 3 is 2.67 bits per heavy atom. The molecule has 1 rings (SSSR count). The number of hydrogen-bond donors (Lipinski definition) is 0. The van der Waals surface area contributed by atoms with Gasteiger partial charge < -0.3 is 0 Å². The first-order valence-corrected chi connectivity index (χ1v) is 4.89. The van der Waals surface area contributed by atoms with Crippen molar-refractivity contribution in [1.82, 2.24) is 0 Å². The molecule has 0 aliphatic carbocycles. The SMILES string of the molecule is C[C@H](C#N)CSc1ccccc1. The van der Waals surface area contributed by atoms with E-state index in [1.165, 1.54) is 4.90 Å². The number of nitriles is 1. The van der Waals surface area contributed by atoms with E-state index in [0.29, 0.717) is 0 Å². The minimum atomic E-state index is 0.134. The molecule has 0 heterocycles. The van der Waals surface area contributed by atoms with Gasteiger partial charge >= 0.3 is 0 Å². The fraction of sp³-hybridized carbons (Fsp3) is 0.300. The number of benzene rings is 1. The van der Waals surface area contributed by atoms with Crippen molar-refractivity contribution in [2.24, 2.45) is 5.92 Å². The lowest BCUT2D eigenvalue weighted by atomic mass is 10.3. The minimum absolute atomic E-state index is 0.134. The van der Waals surface area contributed by atoms with Crippen LogP contribution in [0.15, 0.2) is 35.2 Å². The Morgan fingerprint density at radius 2 is 2.08 bits per heavy atom. The highest BCUT2D eigenvalue weighted by atomic mass is 32.2. The molecule has 0 aliphatic rings. The van der Waals surface area contributed by atoms with E-state index in [2.05, 4.69) is 18.2 Å². The van der Waals surface area contributed by atoms with Gasteiger partial charge in [0.15, 0.2) is 0 Å². The van der Waals surface area contributed by atoms with Crippen LogP contribution in [0.5, 0.6) is 0 Å². The van der Waals surface area contributed by atoms with Gasteiger partial charge in [-0.25, -0.2) is 0 Å². The molecule has 1 aromatic carbocycles. The van der Waals surface area contributed by atoms with Gasteiger partial charge in [-0.15, -0.1) is 11.8 Å². The Balaban J connectivity index is 2.40. The van der Waals surface area contributed by atoms with Crippen LogP contribution >= 0.6 is 11.8 Å². The second kappa shape index (κ2) is 4.84. The monoisotopic (exact) mass is 177 g/mol. The quantitative estimate of drug-likeness (QED) is 0.663. The molecule has 0 aromatic heterocycles. The molecule has 12 heavy (non-hydrogen) atoms. The third-order valence-corrected chi connectivity index (χ3v) is 2.74. The maximum absolute atomic E-state index is 8.55. The maximum atomic E-state index is 8.55. The van der Waals surface area contributed by atoms with Crippen molar-refractivity contribution in [3.63, 3.8) is 0 Å². The first-order chi connectivity index (χ1) is 5.83. The highest BCUT2D eigenvalue weighted by Crippen LogP contribution is 2.19. The van der Waals surface area contributed by atoms with E-state index in [0.717, 1.165) is 5.75 Å². The molecular weight excluding hydrogens is 166 g/mol. The molecule has 0 unspecified atom stereocenters. The molecule has 0 amide bonds. The van der Waals surface area contributed by atoms with Crippen molar-refractivity contribution >= 4 is 11.8 Å². The molecule has 1 atom stereocenters. The first-order valence-electron chi connectivity index (χ1n) is 3.90. The normalized spacial score (nSPS) is 12.0. The lowest BCUT2D eigenvalue weighted by molar-refractivity contribution is 0.864. The second-order valence-electron chi connectivity index (χ2n) is 2.65. The second-order valence-corrected chi connectivity index (χ2v) is 3.75. The van der Waals surface area contributed by atoms with Crippen molar-refractivity contribution in [3.8, 4) is 6.07 Å². The van der Waals surface area contributed by atoms with Gasteiger partial charge in [0.05, 0.1) is 12.0 Å². The topological polar surface area (TPSA) is 23.8 Å². The van der Waals surface area contributed by atoms with E-state index in [1.54, 1.807) is 11.8 Å². The van der Waals surface area contributed by atoms with Crippen LogP contribution in [-0.2, 0) is 0 Å². The van der Waals surface area contributed by atoms with Crippen molar-refractivity contribution in [2.75, 3.05) is 5.75 Å². The average molecular weight is 177 g/mol. The predicted octanol–water partition coefficient (Wildman–Crippen LogP) is 2.94. The third kappa shape index (κ3) is 2.98. The Bertz CT molecular complexity index is 263. The van der Waals surface area contributed by atoms with E-state index in [4.69, 9.17) is 5.26 Å². The van der Waals surface area contributed by atoms with Crippen LogP contribution in [0, 0.1) is 17.2 Å². The summed E-state index contributed by atoms with van der Waals surface area (Å²) in [5, 5.41) is 8.55. The van der Waals surface area contributed by atoms with Gasteiger partial charge in [0.1, 0.15) is 0 Å². The van der Waals surface area contributed by atoms with Gasteiger partial charge in [0.25, 0.3) is 0 Å². The third-order valence-electron chi connectivity index (χ3n) is 1.46. The van der Waals surface area contributed by atoms with Crippen molar-refractivity contribution in [2.45, 2.75) is 11.8 Å². The van der Waals surface area contributed by atoms with Gasteiger partial charge in [0, 0.05) is 10.6 Å². The van der Waals surface area contributed by atoms with E-state index >= 15 is 0 Å². The molecule has 0 fully saturated rings. The fourth-order valence-corrected chi connectivity index (χ4v) is 1.64. The van der Waals surface area contributed by atoms with Gasteiger partial charge in [-0.3, -0.25) is 0 Å². The molecule has 1 aromatic rings. The molecule has 0 aliphatic heterocycles. The van der Waals surface area contributed by atoms with E-state index in [1.807, 2.05) is 25.1 Å².